The average Bonchev–Trinajstić information content (AvgIpc) is 3.21. The van der Waals surface area contributed by atoms with Gasteiger partial charge in [-0.3, -0.25) is 14.5 Å². The zero-order chi connectivity index (χ0) is 28.3. The number of methoxy groups -OCH3 is 2. The van der Waals surface area contributed by atoms with E-state index in [1.54, 1.807) is 18.2 Å². The summed E-state index contributed by atoms with van der Waals surface area (Å²) in [6.07, 6.45) is 0.639. The number of ether oxygens (including phenoxy) is 3. The highest BCUT2D eigenvalue weighted by molar-refractivity contribution is 6.51. The molecule has 0 aromatic heterocycles. The van der Waals surface area contributed by atoms with Crippen LogP contribution in [0.25, 0.3) is 5.76 Å². The van der Waals surface area contributed by atoms with E-state index < -0.39 is 29.5 Å². The van der Waals surface area contributed by atoms with Crippen LogP contribution < -0.4 is 14.4 Å². The topological polar surface area (TPSA) is 123 Å². The monoisotopic (exact) mass is 551 g/mol. The Kier molecular flexibility index (Phi) is 8.11. The lowest BCUT2D eigenvalue weighted by Crippen LogP contribution is -2.29. The number of hydrogen-bond donors (Lipinski definition) is 2. The highest BCUT2D eigenvalue weighted by atomic mass is 35.5. The van der Waals surface area contributed by atoms with Crippen molar-refractivity contribution in [1.29, 1.82) is 0 Å². The molecule has 1 atom stereocenters. The Morgan fingerprint density at radius 1 is 1.00 bits per heavy atom. The molecule has 3 aromatic rings. The summed E-state index contributed by atoms with van der Waals surface area (Å²) >= 11 is 6.22. The normalized spacial score (nSPS) is 16.3. The molecule has 39 heavy (non-hydrogen) atoms. The van der Waals surface area contributed by atoms with E-state index in [9.17, 15) is 24.6 Å². The van der Waals surface area contributed by atoms with Crippen LogP contribution in [0, 0.1) is 0 Å². The number of esters is 1. The minimum Gasteiger partial charge on any atom is -0.508 e. The van der Waals surface area contributed by atoms with Crippen molar-refractivity contribution in [3.05, 3.63) is 87.9 Å². The summed E-state index contributed by atoms with van der Waals surface area (Å²) in [5.74, 6) is -2.63. The van der Waals surface area contributed by atoms with Crippen molar-refractivity contribution < 1.29 is 38.8 Å². The lowest BCUT2D eigenvalue weighted by molar-refractivity contribution is -0.132. The second-order valence-corrected chi connectivity index (χ2v) is 9.04. The molecule has 1 heterocycles. The number of phenolic OH excluding ortho intramolecular Hbond substituents is 1. The number of hydrogen-bond acceptors (Lipinski definition) is 8. The highest BCUT2D eigenvalue weighted by Crippen LogP contribution is 2.45. The van der Waals surface area contributed by atoms with Crippen LogP contribution in [0.5, 0.6) is 17.2 Å². The molecule has 1 unspecified atom stereocenters. The van der Waals surface area contributed by atoms with Crippen LogP contribution in [0.15, 0.2) is 66.2 Å². The number of aromatic hydroxyl groups is 1. The van der Waals surface area contributed by atoms with Crippen molar-refractivity contribution in [1.82, 2.24) is 0 Å². The van der Waals surface area contributed by atoms with E-state index in [0.29, 0.717) is 12.0 Å². The molecule has 1 aliphatic heterocycles. The number of Topliss-reactive ketones (excluding diaryl/α,β-unsaturated/α-hetero) is 1. The number of carbonyl (C=O) groups is 3. The number of nitrogens with zero attached hydrogens (tertiary/aromatic N) is 1. The van der Waals surface area contributed by atoms with Gasteiger partial charge >= 0.3 is 5.97 Å². The minimum absolute atomic E-state index is 0.0273. The molecule has 2 N–H and O–H groups in total. The Morgan fingerprint density at radius 2 is 1.69 bits per heavy atom. The van der Waals surface area contributed by atoms with Crippen LogP contribution >= 0.6 is 11.6 Å². The molecular formula is C29H26ClNO8. The molecule has 0 radical (unpaired) electrons. The number of aliphatic hydroxyl groups is 1. The van der Waals surface area contributed by atoms with Gasteiger partial charge in [0.15, 0.2) is 0 Å². The summed E-state index contributed by atoms with van der Waals surface area (Å²) < 4.78 is 15.9. The van der Waals surface area contributed by atoms with Gasteiger partial charge in [0.1, 0.15) is 23.0 Å². The number of phenols is 1. The maximum Gasteiger partial charge on any atom is 0.338 e. The first-order valence-corrected chi connectivity index (χ1v) is 12.4. The van der Waals surface area contributed by atoms with Gasteiger partial charge < -0.3 is 24.4 Å². The van der Waals surface area contributed by atoms with Crippen LogP contribution in [0.3, 0.4) is 0 Å². The summed E-state index contributed by atoms with van der Waals surface area (Å²) in [5.41, 5.74) is 0.703. The molecule has 202 valence electrons. The fraction of sp³-hybridized carbons (Fsp3) is 0.207. The first-order valence-electron chi connectivity index (χ1n) is 12.0. The van der Waals surface area contributed by atoms with Crippen LogP contribution in [0.2, 0.25) is 5.02 Å². The number of amides is 1. The minimum atomic E-state index is -1.11. The number of rotatable bonds is 8. The zero-order valence-electron chi connectivity index (χ0n) is 21.4. The van der Waals surface area contributed by atoms with E-state index in [4.69, 9.17) is 25.8 Å². The number of aliphatic hydroxyl groups excluding tert-OH is 1. The molecule has 10 heteroatoms. The molecular weight excluding hydrogens is 526 g/mol. The number of carbonyl (C=O) groups excluding carboxylic acids is 3. The summed E-state index contributed by atoms with van der Waals surface area (Å²) in [5, 5.41) is 21.6. The SMILES string of the molecule is CCCOC(=O)c1cccc(N2C(=O)C(=O)/C(=C(/O)c3cc(OC)c(Cl)cc3OC)C2c2ccc(O)cc2)c1. The van der Waals surface area contributed by atoms with Gasteiger partial charge in [0.05, 0.1) is 48.6 Å². The van der Waals surface area contributed by atoms with E-state index in [1.807, 2.05) is 6.92 Å². The first-order chi connectivity index (χ1) is 18.7. The molecule has 4 rings (SSSR count). The van der Waals surface area contributed by atoms with Gasteiger partial charge in [-0.25, -0.2) is 4.79 Å². The average molecular weight is 552 g/mol. The molecule has 1 amide bonds. The van der Waals surface area contributed by atoms with Gasteiger partial charge in [0.2, 0.25) is 0 Å². The van der Waals surface area contributed by atoms with E-state index >= 15 is 0 Å². The van der Waals surface area contributed by atoms with E-state index in [-0.39, 0.29) is 51.3 Å². The van der Waals surface area contributed by atoms with Crippen molar-refractivity contribution in [3.8, 4) is 17.2 Å². The maximum absolute atomic E-state index is 13.5. The molecule has 0 saturated carbocycles. The van der Waals surface area contributed by atoms with Crippen molar-refractivity contribution in [3.63, 3.8) is 0 Å². The molecule has 0 aliphatic carbocycles. The molecule has 3 aromatic carbocycles. The molecule has 1 saturated heterocycles. The number of halogens is 1. The predicted octanol–water partition coefficient (Wildman–Crippen LogP) is 5.26. The van der Waals surface area contributed by atoms with E-state index in [2.05, 4.69) is 0 Å². The fourth-order valence-electron chi connectivity index (χ4n) is 4.32. The predicted molar refractivity (Wildman–Crippen MR) is 144 cm³/mol. The maximum atomic E-state index is 13.5. The molecule has 1 aliphatic rings. The molecule has 9 nitrogen and oxygen atoms in total. The smallest absolute Gasteiger partial charge is 0.338 e. The second-order valence-electron chi connectivity index (χ2n) is 8.63. The van der Waals surface area contributed by atoms with Gasteiger partial charge in [-0.2, -0.15) is 0 Å². The molecule has 1 fully saturated rings. The number of anilines is 1. The van der Waals surface area contributed by atoms with Crippen molar-refractivity contribution in [2.75, 3.05) is 25.7 Å². The summed E-state index contributed by atoms with van der Waals surface area (Å²) in [7, 11) is 2.76. The van der Waals surface area contributed by atoms with Crippen molar-refractivity contribution in [2.45, 2.75) is 19.4 Å². The van der Waals surface area contributed by atoms with E-state index in [1.165, 1.54) is 61.6 Å². The largest absolute Gasteiger partial charge is 0.508 e. The molecule has 0 spiro atoms. The van der Waals surface area contributed by atoms with E-state index in [0.717, 1.165) is 0 Å². The summed E-state index contributed by atoms with van der Waals surface area (Å²) in [6.45, 7) is 2.10. The van der Waals surface area contributed by atoms with Gasteiger partial charge in [-0.1, -0.05) is 36.7 Å². The Hall–Kier alpha value is -4.50. The third kappa shape index (κ3) is 5.26. The van der Waals surface area contributed by atoms with Gasteiger partial charge in [-0.05, 0) is 48.4 Å². The van der Waals surface area contributed by atoms with Gasteiger partial charge in [0, 0.05) is 11.8 Å². The third-order valence-corrected chi connectivity index (χ3v) is 6.47. The number of benzene rings is 3. The standard InChI is InChI=1S/C29H26ClNO8/c1-4-12-39-29(36)17-6-5-7-18(13-17)31-25(16-8-10-19(32)11-9-16)24(27(34)28(31)35)26(33)20-14-23(38-3)21(30)15-22(20)37-2/h5-11,13-15,25,32-33H,4,12H2,1-3H3/b26-24+. The van der Waals surface area contributed by atoms with Crippen LogP contribution in [0.1, 0.15) is 40.9 Å². The second kappa shape index (κ2) is 11.5. The summed E-state index contributed by atoms with van der Waals surface area (Å²) in [6, 6.07) is 13.7. The first kappa shape index (κ1) is 27.5. The quantitative estimate of drug-likeness (QED) is 0.168. The van der Waals surface area contributed by atoms with Crippen molar-refractivity contribution in [2.24, 2.45) is 0 Å². The third-order valence-electron chi connectivity index (χ3n) is 6.18. The number of ketones is 1. The van der Waals surface area contributed by atoms with Gasteiger partial charge in [-0.15, -0.1) is 0 Å². The van der Waals surface area contributed by atoms with Crippen molar-refractivity contribution >= 4 is 40.7 Å². The van der Waals surface area contributed by atoms with Gasteiger partial charge in [0.25, 0.3) is 11.7 Å². The molecule has 0 bridgehead atoms. The Balaban J connectivity index is 1.93. The lowest BCUT2D eigenvalue weighted by atomic mass is 9.94. The lowest BCUT2D eigenvalue weighted by Gasteiger charge is -2.26. The Bertz CT molecular complexity index is 1460. The highest BCUT2D eigenvalue weighted by Gasteiger charge is 2.47. The summed E-state index contributed by atoms with van der Waals surface area (Å²) in [4.78, 5) is 40.7. The Morgan fingerprint density at radius 3 is 2.33 bits per heavy atom. The van der Waals surface area contributed by atoms with Crippen LogP contribution in [-0.4, -0.2) is 48.7 Å². The Labute approximate surface area is 229 Å². The fourth-order valence-corrected chi connectivity index (χ4v) is 4.55. The zero-order valence-corrected chi connectivity index (χ0v) is 22.2. The van der Waals surface area contributed by atoms with Crippen LogP contribution in [0.4, 0.5) is 5.69 Å². The van der Waals surface area contributed by atoms with Crippen LogP contribution in [-0.2, 0) is 14.3 Å².